The molecular formula is C14H18BrNO2. The van der Waals surface area contributed by atoms with Crippen molar-refractivity contribution in [1.82, 2.24) is 5.32 Å². The fraction of sp³-hybridized carbons (Fsp3) is 0.500. The number of carbonyl (C=O) groups is 1. The highest BCUT2D eigenvalue weighted by Crippen LogP contribution is 2.20. The largest absolute Gasteiger partial charge is 0.381 e. The molecule has 0 saturated carbocycles. The average molecular weight is 312 g/mol. The van der Waals surface area contributed by atoms with E-state index in [1.165, 1.54) is 0 Å². The lowest BCUT2D eigenvalue weighted by Crippen LogP contribution is -2.44. The van der Waals surface area contributed by atoms with E-state index in [2.05, 4.69) is 28.2 Å². The molecule has 0 aromatic heterocycles. The number of hydrogen-bond acceptors (Lipinski definition) is 2. The van der Waals surface area contributed by atoms with E-state index in [9.17, 15) is 4.79 Å². The van der Waals surface area contributed by atoms with Crippen molar-refractivity contribution in [3.05, 3.63) is 33.8 Å². The predicted molar refractivity (Wildman–Crippen MR) is 74.7 cm³/mol. The van der Waals surface area contributed by atoms with Gasteiger partial charge in [-0.2, -0.15) is 0 Å². The van der Waals surface area contributed by atoms with E-state index < -0.39 is 0 Å². The molecule has 1 N–H and O–H groups in total. The Bertz CT molecular complexity index is 447. The molecule has 2 unspecified atom stereocenters. The quantitative estimate of drug-likeness (QED) is 0.912. The Morgan fingerprint density at radius 3 is 2.94 bits per heavy atom. The molecule has 1 heterocycles. The lowest BCUT2D eigenvalue weighted by molar-refractivity contribution is 0.0375. The van der Waals surface area contributed by atoms with Crippen molar-refractivity contribution >= 4 is 21.8 Å². The van der Waals surface area contributed by atoms with Crippen molar-refractivity contribution in [2.45, 2.75) is 26.3 Å². The number of halogens is 1. The number of carbonyl (C=O) groups excluding carboxylic acids is 1. The Hall–Kier alpha value is -0.870. The molecule has 0 radical (unpaired) electrons. The highest BCUT2D eigenvalue weighted by molar-refractivity contribution is 9.10. The first kappa shape index (κ1) is 13.6. The Labute approximate surface area is 116 Å². The third kappa shape index (κ3) is 3.12. The number of ether oxygens (including phenoxy) is 1. The lowest BCUT2D eigenvalue weighted by atomic mass is 9.97. The number of rotatable bonds is 2. The maximum absolute atomic E-state index is 12.2. The number of hydrogen-bond donors (Lipinski definition) is 1. The summed E-state index contributed by atoms with van der Waals surface area (Å²) >= 11 is 3.44. The summed E-state index contributed by atoms with van der Waals surface area (Å²) in [6.45, 7) is 5.56. The summed E-state index contributed by atoms with van der Waals surface area (Å²) in [7, 11) is 0. The van der Waals surface area contributed by atoms with Crippen molar-refractivity contribution in [3.8, 4) is 0 Å². The van der Waals surface area contributed by atoms with E-state index in [-0.39, 0.29) is 11.9 Å². The van der Waals surface area contributed by atoms with E-state index in [1.807, 2.05) is 25.1 Å². The van der Waals surface area contributed by atoms with Gasteiger partial charge in [0.2, 0.25) is 0 Å². The van der Waals surface area contributed by atoms with Gasteiger partial charge in [0.1, 0.15) is 0 Å². The molecule has 1 aliphatic rings. The predicted octanol–water partition coefficient (Wildman–Crippen LogP) is 2.91. The van der Waals surface area contributed by atoms with Crippen LogP contribution in [0.3, 0.4) is 0 Å². The zero-order chi connectivity index (χ0) is 13.1. The summed E-state index contributed by atoms with van der Waals surface area (Å²) in [4.78, 5) is 12.2. The van der Waals surface area contributed by atoms with Crippen LogP contribution in [-0.4, -0.2) is 25.2 Å². The summed E-state index contributed by atoms with van der Waals surface area (Å²) in [6, 6.07) is 5.98. The average Bonchev–Trinajstić information content (AvgIpc) is 2.32. The molecule has 2 atom stereocenters. The minimum Gasteiger partial charge on any atom is -0.381 e. The summed E-state index contributed by atoms with van der Waals surface area (Å²) in [5.41, 5.74) is 1.83. The van der Waals surface area contributed by atoms with Crippen molar-refractivity contribution in [1.29, 1.82) is 0 Å². The fourth-order valence-corrected chi connectivity index (χ4v) is 2.82. The molecule has 98 valence electrons. The summed E-state index contributed by atoms with van der Waals surface area (Å²) in [5.74, 6) is 0.354. The lowest BCUT2D eigenvalue weighted by Gasteiger charge is -2.29. The van der Waals surface area contributed by atoms with Gasteiger partial charge in [-0.15, -0.1) is 0 Å². The van der Waals surface area contributed by atoms with Crippen LogP contribution in [0.1, 0.15) is 29.3 Å². The molecule has 1 aromatic rings. The Balaban J connectivity index is 2.07. The zero-order valence-electron chi connectivity index (χ0n) is 10.7. The maximum Gasteiger partial charge on any atom is 0.252 e. The topological polar surface area (TPSA) is 38.3 Å². The molecule has 1 aliphatic heterocycles. The van der Waals surface area contributed by atoms with Crippen LogP contribution >= 0.6 is 15.9 Å². The summed E-state index contributed by atoms with van der Waals surface area (Å²) in [5, 5.41) is 3.10. The van der Waals surface area contributed by atoms with Gasteiger partial charge in [0, 0.05) is 17.1 Å². The Kier molecular flexibility index (Phi) is 4.40. The van der Waals surface area contributed by atoms with E-state index >= 15 is 0 Å². The number of nitrogens with one attached hydrogen (secondary N) is 1. The van der Waals surface area contributed by atoms with Crippen molar-refractivity contribution in [3.63, 3.8) is 0 Å². The minimum absolute atomic E-state index is 0.0133. The second kappa shape index (κ2) is 5.85. The maximum atomic E-state index is 12.2. The third-order valence-electron chi connectivity index (χ3n) is 3.33. The van der Waals surface area contributed by atoms with Crippen LogP contribution in [0.4, 0.5) is 0 Å². The molecule has 3 nitrogen and oxygen atoms in total. The van der Waals surface area contributed by atoms with Crippen LogP contribution in [0, 0.1) is 12.8 Å². The number of benzene rings is 1. The van der Waals surface area contributed by atoms with E-state index in [0.29, 0.717) is 11.5 Å². The third-order valence-corrected chi connectivity index (χ3v) is 3.98. The normalized spacial score (nSPS) is 23.7. The molecule has 1 saturated heterocycles. The Morgan fingerprint density at radius 1 is 1.50 bits per heavy atom. The molecule has 1 amide bonds. The van der Waals surface area contributed by atoms with E-state index in [4.69, 9.17) is 4.74 Å². The van der Waals surface area contributed by atoms with Crippen molar-refractivity contribution in [2.24, 2.45) is 5.92 Å². The van der Waals surface area contributed by atoms with Crippen molar-refractivity contribution < 1.29 is 9.53 Å². The molecule has 0 spiro atoms. The summed E-state index contributed by atoms with van der Waals surface area (Å²) < 4.78 is 6.23. The highest BCUT2D eigenvalue weighted by Gasteiger charge is 2.24. The monoisotopic (exact) mass is 311 g/mol. The molecule has 4 heteroatoms. The molecule has 0 aliphatic carbocycles. The van der Waals surface area contributed by atoms with E-state index in [1.54, 1.807) is 0 Å². The van der Waals surface area contributed by atoms with Gasteiger partial charge in [-0.3, -0.25) is 4.79 Å². The summed E-state index contributed by atoms with van der Waals surface area (Å²) in [6.07, 6.45) is 0.885. The standard InChI is InChI=1S/C14H18BrNO2/c1-9-3-4-11(12(15)7-9)14(17)16-13-5-6-18-8-10(13)2/h3-4,7,10,13H,5-6,8H2,1-2H3,(H,16,17). The first-order valence-electron chi connectivity index (χ1n) is 6.22. The molecular weight excluding hydrogens is 294 g/mol. The van der Waals surface area contributed by atoms with Crippen LogP contribution < -0.4 is 5.32 Å². The first-order chi connectivity index (χ1) is 8.58. The first-order valence-corrected chi connectivity index (χ1v) is 7.02. The van der Waals surface area contributed by atoms with Crippen LogP contribution in [0.25, 0.3) is 0 Å². The SMILES string of the molecule is Cc1ccc(C(=O)NC2CCOCC2C)c(Br)c1. The second-order valence-electron chi connectivity index (χ2n) is 4.90. The van der Waals surface area contributed by atoms with Gasteiger partial charge in [-0.1, -0.05) is 13.0 Å². The van der Waals surface area contributed by atoms with Crippen LogP contribution in [0.15, 0.2) is 22.7 Å². The van der Waals surface area contributed by atoms with Gasteiger partial charge >= 0.3 is 0 Å². The number of amides is 1. The van der Waals surface area contributed by atoms with Gasteiger partial charge in [0.25, 0.3) is 5.91 Å². The molecule has 0 bridgehead atoms. The molecule has 1 aromatic carbocycles. The fourth-order valence-electron chi connectivity index (χ4n) is 2.15. The van der Waals surface area contributed by atoms with E-state index in [0.717, 1.165) is 29.7 Å². The van der Waals surface area contributed by atoms with Gasteiger partial charge in [-0.05, 0) is 52.9 Å². The van der Waals surface area contributed by atoms with Gasteiger partial charge in [-0.25, -0.2) is 0 Å². The van der Waals surface area contributed by atoms with Gasteiger partial charge < -0.3 is 10.1 Å². The Morgan fingerprint density at radius 2 is 2.28 bits per heavy atom. The van der Waals surface area contributed by atoms with Crippen LogP contribution in [-0.2, 0) is 4.74 Å². The second-order valence-corrected chi connectivity index (χ2v) is 5.76. The van der Waals surface area contributed by atoms with Crippen LogP contribution in [0.5, 0.6) is 0 Å². The molecule has 1 fully saturated rings. The van der Waals surface area contributed by atoms with Gasteiger partial charge in [0.15, 0.2) is 0 Å². The zero-order valence-corrected chi connectivity index (χ0v) is 12.3. The number of aryl methyl sites for hydroxylation is 1. The van der Waals surface area contributed by atoms with Gasteiger partial charge in [0.05, 0.1) is 12.2 Å². The molecule has 18 heavy (non-hydrogen) atoms. The minimum atomic E-state index is -0.0133. The van der Waals surface area contributed by atoms with Crippen LogP contribution in [0.2, 0.25) is 0 Å². The smallest absolute Gasteiger partial charge is 0.252 e. The molecule has 2 rings (SSSR count). The highest BCUT2D eigenvalue weighted by atomic mass is 79.9. The van der Waals surface area contributed by atoms with Crippen molar-refractivity contribution in [2.75, 3.05) is 13.2 Å².